The van der Waals surface area contributed by atoms with Crippen LogP contribution in [0.25, 0.3) is 0 Å². The molecular weight excluding hydrogens is 338 g/mol. The highest BCUT2D eigenvalue weighted by Crippen LogP contribution is 2.20. The maximum absolute atomic E-state index is 12.6. The van der Waals surface area contributed by atoms with E-state index in [1.165, 1.54) is 19.3 Å². The van der Waals surface area contributed by atoms with Gasteiger partial charge in [0.25, 0.3) is 0 Å². The van der Waals surface area contributed by atoms with Gasteiger partial charge in [-0.05, 0) is 0 Å². The molecule has 2 rings (SSSR count). The fraction of sp³-hybridized carbons (Fsp3) is 0.500. The molecule has 0 fully saturated rings. The molecule has 1 aliphatic rings. The summed E-state index contributed by atoms with van der Waals surface area (Å²) in [5.74, 6) is -2.20. The van der Waals surface area contributed by atoms with E-state index in [0.717, 1.165) is 28.2 Å². The van der Waals surface area contributed by atoms with Crippen molar-refractivity contribution in [2.24, 2.45) is 0 Å². The fourth-order valence-corrected chi connectivity index (χ4v) is 2.49. The Morgan fingerprint density at radius 2 is 1.32 bits per heavy atom. The van der Waals surface area contributed by atoms with Gasteiger partial charge in [-0.25, -0.2) is 33.1 Å². The number of methoxy groups -OCH3 is 3. The number of ether oxygens (including phenoxy) is 3. The Morgan fingerprint density at radius 3 is 1.68 bits per heavy atom. The average Bonchev–Trinajstić information content (AvgIpc) is 2.88. The number of carbonyl (C=O) groups is 3. The molecule has 0 aromatic carbocycles. The van der Waals surface area contributed by atoms with Crippen molar-refractivity contribution in [1.29, 1.82) is 0 Å². The van der Waals surface area contributed by atoms with Crippen LogP contribution in [0.2, 0.25) is 0 Å². The van der Waals surface area contributed by atoms with Gasteiger partial charge in [0.1, 0.15) is 0 Å². The summed E-state index contributed by atoms with van der Waals surface area (Å²) >= 11 is 0. The minimum Gasteiger partial charge on any atom is -0.469 e. The van der Waals surface area contributed by atoms with Crippen molar-refractivity contribution in [2.75, 3.05) is 21.3 Å². The van der Waals surface area contributed by atoms with E-state index in [4.69, 9.17) is 0 Å². The van der Waals surface area contributed by atoms with Crippen molar-refractivity contribution in [3.8, 4) is 0 Å². The van der Waals surface area contributed by atoms with Gasteiger partial charge in [0.15, 0.2) is 12.1 Å². The predicted octanol–water partition coefficient (Wildman–Crippen LogP) is -1.63. The van der Waals surface area contributed by atoms with Gasteiger partial charge < -0.3 is 14.2 Å². The van der Waals surface area contributed by atoms with Crippen LogP contribution >= 0.6 is 0 Å². The third kappa shape index (κ3) is 3.12. The lowest BCUT2D eigenvalue weighted by molar-refractivity contribution is -0.147. The van der Waals surface area contributed by atoms with E-state index in [9.17, 15) is 24.0 Å². The molecule has 0 bridgehead atoms. The maximum atomic E-state index is 12.6. The van der Waals surface area contributed by atoms with Crippen molar-refractivity contribution >= 4 is 17.9 Å². The summed E-state index contributed by atoms with van der Waals surface area (Å²) in [6, 6.07) is -2.43. The van der Waals surface area contributed by atoms with Crippen LogP contribution in [-0.2, 0) is 35.1 Å². The lowest BCUT2D eigenvalue weighted by Gasteiger charge is -2.23. The van der Waals surface area contributed by atoms with Gasteiger partial charge in [-0.15, -0.1) is 0 Å². The molecule has 0 spiro atoms. The van der Waals surface area contributed by atoms with E-state index in [0.29, 0.717) is 0 Å². The number of rotatable bonds is 5. The molecule has 25 heavy (non-hydrogen) atoms. The first kappa shape index (κ1) is 18.2. The normalized spacial score (nSPS) is 18.4. The van der Waals surface area contributed by atoms with Crippen molar-refractivity contribution in [2.45, 2.75) is 25.0 Å². The summed E-state index contributed by atoms with van der Waals surface area (Å²) in [5, 5.41) is 0. The summed E-state index contributed by atoms with van der Waals surface area (Å²) in [6.45, 7) is -0.265. The second-order valence-corrected chi connectivity index (χ2v) is 5.05. The molecular formula is C14H17N3O8. The summed E-state index contributed by atoms with van der Waals surface area (Å²) in [4.78, 5) is 60.3. The molecule has 136 valence electrons. The number of aromatic nitrogens is 3. The van der Waals surface area contributed by atoms with Gasteiger partial charge in [0.2, 0.25) is 0 Å². The molecule has 2 unspecified atom stereocenters. The van der Waals surface area contributed by atoms with E-state index in [-0.39, 0.29) is 13.0 Å². The minimum atomic E-state index is -1.22. The number of hydrogen-bond acceptors (Lipinski definition) is 8. The van der Waals surface area contributed by atoms with Crippen LogP contribution in [0.1, 0.15) is 18.5 Å². The van der Waals surface area contributed by atoms with E-state index < -0.39 is 41.4 Å². The van der Waals surface area contributed by atoms with Crippen LogP contribution in [0.4, 0.5) is 0 Å². The highest BCUT2D eigenvalue weighted by Gasteiger charge is 2.36. The zero-order valence-electron chi connectivity index (χ0n) is 13.8. The fourth-order valence-electron chi connectivity index (χ4n) is 2.49. The van der Waals surface area contributed by atoms with Crippen LogP contribution < -0.4 is 11.4 Å². The lowest BCUT2D eigenvalue weighted by Crippen LogP contribution is -2.41. The van der Waals surface area contributed by atoms with Crippen LogP contribution in [-0.4, -0.2) is 53.2 Å². The minimum absolute atomic E-state index is 0.227. The van der Waals surface area contributed by atoms with Gasteiger partial charge in [-0.3, -0.25) is 4.79 Å². The van der Waals surface area contributed by atoms with Gasteiger partial charge in [-0.1, -0.05) is 12.2 Å². The van der Waals surface area contributed by atoms with Crippen molar-refractivity contribution in [1.82, 2.24) is 13.9 Å². The molecule has 1 aromatic heterocycles. The third-order valence-corrected chi connectivity index (χ3v) is 3.74. The van der Waals surface area contributed by atoms with Crippen molar-refractivity contribution in [3.05, 3.63) is 33.1 Å². The molecule has 2 heterocycles. The zero-order chi connectivity index (χ0) is 18.7. The Kier molecular flexibility index (Phi) is 5.25. The van der Waals surface area contributed by atoms with Crippen LogP contribution in [0.15, 0.2) is 21.7 Å². The second kappa shape index (κ2) is 7.20. The zero-order valence-corrected chi connectivity index (χ0v) is 13.8. The first-order chi connectivity index (χ1) is 11.9. The number of nitrogens with zero attached hydrogens (tertiary/aromatic N) is 3. The summed E-state index contributed by atoms with van der Waals surface area (Å²) < 4.78 is 16.1. The Balaban J connectivity index is 2.60. The highest BCUT2D eigenvalue weighted by atomic mass is 16.5. The average molecular weight is 355 g/mol. The summed E-state index contributed by atoms with van der Waals surface area (Å²) in [6.07, 6.45) is 2.33. The molecule has 11 heteroatoms. The summed E-state index contributed by atoms with van der Waals surface area (Å²) in [7, 11) is 3.43. The number of fused-ring (bicyclic) bond motifs is 1. The molecule has 0 amide bonds. The Labute approximate surface area is 141 Å². The van der Waals surface area contributed by atoms with Crippen LogP contribution in [0, 0.1) is 0 Å². The number of hydrogen-bond donors (Lipinski definition) is 0. The molecule has 11 nitrogen and oxygen atoms in total. The number of esters is 3. The van der Waals surface area contributed by atoms with Crippen LogP contribution in [0.5, 0.6) is 0 Å². The van der Waals surface area contributed by atoms with Gasteiger partial charge in [0.05, 0.1) is 27.8 Å². The SMILES string of the molecule is COC(=O)CCn1c(=O)n2n(c1=O)C(C(=O)OC)C=CC2C(=O)OC. The van der Waals surface area contributed by atoms with E-state index in [2.05, 4.69) is 14.2 Å². The topological polar surface area (TPSA) is 128 Å². The van der Waals surface area contributed by atoms with Gasteiger partial charge in [0, 0.05) is 6.54 Å². The molecule has 0 saturated heterocycles. The van der Waals surface area contributed by atoms with Crippen molar-refractivity contribution < 1.29 is 28.6 Å². The first-order valence-electron chi connectivity index (χ1n) is 7.22. The molecule has 2 atom stereocenters. The largest absolute Gasteiger partial charge is 0.469 e. The standard InChI is InChI=1S/C14H17N3O8/c1-23-10(18)6-7-15-13(21)16-8(11(19)24-2)4-5-9(12(20)25-3)17(16)14(15)22/h4-5,8-9H,6-7H2,1-3H3. The van der Waals surface area contributed by atoms with Gasteiger partial charge >= 0.3 is 29.3 Å². The number of carbonyl (C=O) groups excluding carboxylic acids is 3. The molecule has 0 N–H and O–H groups in total. The van der Waals surface area contributed by atoms with E-state index >= 15 is 0 Å². The Morgan fingerprint density at radius 1 is 0.880 bits per heavy atom. The molecule has 1 aliphatic heterocycles. The molecule has 0 radical (unpaired) electrons. The first-order valence-corrected chi connectivity index (χ1v) is 7.22. The quantitative estimate of drug-likeness (QED) is 0.350. The van der Waals surface area contributed by atoms with E-state index in [1.807, 2.05) is 0 Å². The van der Waals surface area contributed by atoms with Gasteiger partial charge in [-0.2, -0.15) is 0 Å². The van der Waals surface area contributed by atoms with Crippen molar-refractivity contribution in [3.63, 3.8) is 0 Å². The second-order valence-electron chi connectivity index (χ2n) is 5.05. The third-order valence-electron chi connectivity index (χ3n) is 3.74. The monoisotopic (exact) mass is 355 g/mol. The smallest absolute Gasteiger partial charge is 0.348 e. The molecule has 0 aliphatic carbocycles. The van der Waals surface area contributed by atoms with Crippen LogP contribution in [0.3, 0.4) is 0 Å². The predicted molar refractivity (Wildman–Crippen MR) is 80.8 cm³/mol. The molecule has 1 aromatic rings. The summed E-state index contributed by atoms with van der Waals surface area (Å²) in [5.41, 5.74) is -1.72. The maximum Gasteiger partial charge on any atom is 0.348 e. The Hall–Kier alpha value is -3.11. The van der Waals surface area contributed by atoms with E-state index in [1.54, 1.807) is 0 Å². The Bertz CT molecular complexity index is 786. The lowest BCUT2D eigenvalue weighted by atomic mass is 10.1. The highest BCUT2D eigenvalue weighted by molar-refractivity contribution is 5.79. The molecule has 0 saturated carbocycles.